The van der Waals surface area contributed by atoms with Crippen LogP contribution in [0.4, 0.5) is 0 Å². The number of aliphatic hydroxyl groups excluding tert-OH is 1. The number of alkyl halides is 1. The summed E-state index contributed by atoms with van der Waals surface area (Å²) in [5, 5.41) is 10.1. The number of aromatic amines is 1. The molecule has 0 aliphatic carbocycles. The molecule has 17 heavy (non-hydrogen) atoms. The Morgan fingerprint density at radius 3 is 2.76 bits per heavy atom. The second kappa shape index (κ2) is 4.39. The zero-order valence-corrected chi connectivity index (χ0v) is 10.3. The van der Waals surface area contributed by atoms with Gasteiger partial charge in [0.1, 0.15) is 0 Å². The molecule has 0 spiro atoms. The molecule has 0 aliphatic rings. The van der Waals surface area contributed by atoms with Gasteiger partial charge in [-0.05, 0) is 11.6 Å². The van der Waals surface area contributed by atoms with E-state index in [1.807, 2.05) is 0 Å². The third kappa shape index (κ3) is 2.14. The quantitative estimate of drug-likeness (QED) is 0.805. The summed E-state index contributed by atoms with van der Waals surface area (Å²) >= 11 is 5.59. The van der Waals surface area contributed by atoms with Gasteiger partial charge in [-0.3, -0.25) is 4.79 Å². The number of hydrogen-bond donors (Lipinski definition) is 2. The zero-order valence-electron chi connectivity index (χ0n) is 9.57. The van der Waals surface area contributed by atoms with Gasteiger partial charge in [-0.25, -0.2) is 0 Å². The van der Waals surface area contributed by atoms with Gasteiger partial charge >= 0.3 is 0 Å². The molecule has 0 saturated carbocycles. The molecule has 1 heterocycles. The van der Waals surface area contributed by atoms with Crippen LogP contribution in [0.2, 0.25) is 0 Å². The van der Waals surface area contributed by atoms with E-state index < -0.39 is 5.56 Å². The second-order valence-corrected chi connectivity index (χ2v) is 4.46. The van der Waals surface area contributed by atoms with E-state index in [9.17, 15) is 9.90 Å². The number of fused-ring (bicyclic) bond motifs is 1. The number of aromatic nitrogens is 1. The van der Waals surface area contributed by atoms with Crippen LogP contribution in [0.3, 0.4) is 0 Å². The van der Waals surface area contributed by atoms with Crippen molar-refractivity contribution in [3.05, 3.63) is 35.5 Å². The van der Waals surface area contributed by atoms with Crippen molar-refractivity contribution in [3.63, 3.8) is 0 Å². The Morgan fingerprint density at radius 2 is 2.18 bits per heavy atom. The van der Waals surface area contributed by atoms with E-state index in [1.54, 1.807) is 38.5 Å². The minimum absolute atomic E-state index is 0.0598. The number of H-pyrrole nitrogens is 1. The Bertz CT molecular complexity index is 561. The molecule has 4 nitrogen and oxygen atoms in total. The highest BCUT2D eigenvalue weighted by atomic mass is 35.5. The van der Waals surface area contributed by atoms with Crippen molar-refractivity contribution >= 4 is 28.4 Å². The minimum atomic E-state index is -1.03. The van der Waals surface area contributed by atoms with Gasteiger partial charge < -0.3 is 15.0 Å². The fourth-order valence-corrected chi connectivity index (χ4v) is 1.85. The van der Waals surface area contributed by atoms with Crippen LogP contribution in [0.25, 0.3) is 10.9 Å². The molecular weight excluding hydrogens is 240 g/mol. The number of carbonyl (C=O) groups excluding carboxylic acids is 1. The van der Waals surface area contributed by atoms with Crippen LogP contribution < -0.4 is 0 Å². The third-order valence-electron chi connectivity index (χ3n) is 2.62. The van der Waals surface area contributed by atoms with Gasteiger partial charge in [0.25, 0.3) is 5.91 Å². The zero-order chi connectivity index (χ0) is 12.6. The monoisotopic (exact) mass is 252 g/mol. The highest BCUT2D eigenvalue weighted by Gasteiger charge is 2.14. The topological polar surface area (TPSA) is 56.3 Å². The van der Waals surface area contributed by atoms with Crippen molar-refractivity contribution in [2.45, 2.75) is 5.56 Å². The van der Waals surface area contributed by atoms with E-state index in [1.165, 1.54) is 4.90 Å². The standard InChI is InChI=1S/C12H13ClN2O2/c1-15(2)12(17)9-6-14-10-5-7(11(13)16)3-4-8(9)10/h3-6,11,14,16H,1-2H3. The molecule has 1 amide bonds. The number of rotatable bonds is 2. The van der Waals surface area contributed by atoms with Gasteiger partial charge in [0, 0.05) is 31.2 Å². The van der Waals surface area contributed by atoms with Crippen molar-refractivity contribution in [1.29, 1.82) is 0 Å². The van der Waals surface area contributed by atoms with Crippen LogP contribution in [0.15, 0.2) is 24.4 Å². The van der Waals surface area contributed by atoms with Crippen molar-refractivity contribution < 1.29 is 9.90 Å². The third-order valence-corrected chi connectivity index (χ3v) is 2.87. The number of amides is 1. The van der Waals surface area contributed by atoms with Crippen molar-refractivity contribution in [3.8, 4) is 0 Å². The summed E-state index contributed by atoms with van der Waals surface area (Å²) in [5.74, 6) is -0.0598. The summed E-state index contributed by atoms with van der Waals surface area (Å²) in [7, 11) is 3.41. The largest absolute Gasteiger partial charge is 0.373 e. The Kier molecular flexibility index (Phi) is 3.09. The van der Waals surface area contributed by atoms with Crippen LogP contribution in [0.1, 0.15) is 21.5 Å². The SMILES string of the molecule is CN(C)C(=O)c1c[nH]c2cc(C(O)Cl)ccc12. The van der Waals surface area contributed by atoms with E-state index in [2.05, 4.69) is 4.98 Å². The molecule has 90 valence electrons. The van der Waals surface area contributed by atoms with Crippen molar-refractivity contribution in [2.75, 3.05) is 14.1 Å². The van der Waals surface area contributed by atoms with Gasteiger partial charge in [-0.1, -0.05) is 23.7 Å². The highest BCUT2D eigenvalue weighted by molar-refractivity contribution is 6.19. The molecule has 2 rings (SSSR count). The molecule has 0 fully saturated rings. The van der Waals surface area contributed by atoms with E-state index in [0.717, 1.165) is 10.9 Å². The van der Waals surface area contributed by atoms with Gasteiger partial charge in [-0.2, -0.15) is 0 Å². The summed E-state index contributed by atoms with van der Waals surface area (Å²) in [5.41, 5.74) is 0.966. The number of carbonyl (C=O) groups is 1. The lowest BCUT2D eigenvalue weighted by Gasteiger charge is -2.09. The molecule has 2 aromatic rings. The summed E-state index contributed by atoms with van der Waals surface area (Å²) in [4.78, 5) is 16.4. The number of hydrogen-bond acceptors (Lipinski definition) is 2. The molecule has 0 aliphatic heterocycles. The summed E-state index contributed by atoms with van der Waals surface area (Å²) in [6.07, 6.45) is 1.66. The first kappa shape index (κ1) is 12.0. The Labute approximate surface area is 104 Å². The lowest BCUT2D eigenvalue weighted by Crippen LogP contribution is -2.21. The number of aliphatic hydroxyl groups is 1. The first-order valence-electron chi connectivity index (χ1n) is 5.15. The Morgan fingerprint density at radius 1 is 1.47 bits per heavy atom. The predicted octanol–water partition coefficient (Wildman–Crippen LogP) is 2.10. The van der Waals surface area contributed by atoms with Gasteiger partial charge in [0.2, 0.25) is 0 Å². The molecule has 2 N–H and O–H groups in total. The molecule has 1 atom stereocenters. The fraction of sp³-hybridized carbons (Fsp3) is 0.250. The van der Waals surface area contributed by atoms with Crippen LogP contribution in [0.5, 0.6) is 0 Å². The molecular formula is C12H13ClN2O2. The van der Waals surface area contributed by atoms with Crippen LogP contribution in [-0.2, 0) is 0 Å². The van der Waals surface area contributed by atoms with E-state index in [-0.39, 0.29) is 5.91 Å². The maximum Gasteiger partial charge on any atom is 0.255 e. The van der Waals surface area contributed by atoms with Crippen molar-refractivity contribution in [2.24, 2.45) is 0 Å². The van der Waals surface area contributed by atoms with Crippen molar-refractivity contribution in [1.82, 2.24) is 9.88 Å². The molecule has 1 aromatic heterocycles. The normalized spacial score (nSPS) is 12.7. The molecule has 0 radical (unpaired) electrons. The van der Waals surface area contributed by atoms with Gasteiger partial charge in [-0.15, -0.1) is 0 Å². The molecule has 1 unspecified atom stereocenters. The van der Waals surface area contributed by atoms with Crippen LogP contribution in [0, 0.1) is 0 Å². The lowest BCUT2D eigenvalue weighted by atomic mass is 10.1. The molecule has 0 saturated heterocycles. The van der Waals surface area contributed by atoms with Gasteiger partial charge in [0.05, 0.1) is 5.56 Å². The Hall–Kier alpha value is -1.52. The minimum Gasteiger partial charge on any atom is -0.373 e. The number of halogens is 1. The summed E-state index contributed by atoms with van der Waals surface area (Å²) < 4.78 is 0. The maximum absolute atomic E-state index is 11.9. The van der Waals surface area contributed by atoms with Gasteiger partial charge in [0.15, 0.2) is 5.56 Å². The van der Waals surface area contributed by atoms with E-state index in [4.69, 9.17) is 11.6 Å². The number of benzene rings is 1. The predicted molar refractivity (Wildman–Crippen MR) is 67.1 cm³/mol. The summed E-state index contributed by atoms with van der Waals surface area (Å²) in [6.45, 7) is 0. The smallest absolute Gasteiger partial charge is 0.255 e. The molecule has 1 aromatic carbocycles. The second-order valence-electron chi connectivity index (χ2n) is 4.04. The number of nitrogens with zero attached hydrogens (tertiary/aromatic N) is 1. The lowest BCUT2D eigenvalue weighted by molar-refractivity contribution is 0.0829. The van der Waals surface area contributed by atoms with E-state index in [0.29, 0.717) is 11.1 Å². The van der Waals surface area contributed by atoms with Crippen LogP contribution in [-0.4, -0.2) is 35.0 Å². The highest BCUT2D eigenvalue weighted by Crippen LogP contribution is 2.24. The van der Waals surface area contributed by atoms with Crippen LogP contribution >= 0.6 is 11.6 Å². The average Bonchev–Trinajstić information content (AvgIpc) is 2.70. The first-order valence-corrected chi connectivity index (χ1v) is 5.59. The average molecular weight is 253 g/mol. The number of nitrogens with one attached hydrogen (secondary N) is 1. The Balaban J connectivity index is 2.52. The van der Waals surface area contributed by atoms with E-state index >= 15 is 0 Å². The maximum atomic E-state index is 11.9. The summed E-state index contributed by atoms with van der Waals surface area (Å²) in [6, 6.07) is 5.23. The fourth-order valence-electron chi connectivity index (χ4n) is 1.71. The molecule has 5 heteroatoms. The first-order chi connectivity index (χ1) is 8.00. The molecule has 0 bridgehead atoms.